The summed E-state index contributed by atoms with van der Waals surface area (Å²) >= 11 is 0. The summed E-state index contributed by atoms with van der Waals surface area (Å²) in [6.07, 6.45) is 8.55. The molecule has 0 bridgehead atoms. The van der Waals surface area contributed by atoms with Crippen LogP contribution in [0.2, 0.25) is 0 Å². The van der Waals surface area contributed by atoms with Gasteiger partial charge in [-0.1, -0.05) is 0 Å². The van der Waals surface area contributed by atoms with E-state index in [1.165, 1.54) is 0 Å². The van der Waals surface area contributed by atoms with Crippen molar-refractivity contribution in [2.45, 2.75) is 6.92 Å². The van der Waals surface area contributed by atoms with E-state index in [4.69, 9.17) is 9.47 Å². The zero-order valence-corrected chi connectivity index (χ0v) is 11.3. The van der Waals surface area contributed by atoms with Gasteiger partial charge in [0.15, 0.2) is 6.79 Å². The van der Waals surface area contributed by atoms with Gasteiger partial charge in [0, 0.05) is 11.4 Å². The molecular formula is C12H21NO2S. The van der Waals surface area contributed by atoms with Crippen LogP contribution < -0.4 is 4.74 Å². The number of hydrogen-bond acceptors (Lipinski definition) is 3. The molecule has 0 amide bonds. The van der Waals surface area contributed by atoms with Crippen molar-refractivity contribution in [3.8, 4) is 5.75 Å². The highest BCUT2D eigenvalue weighted by Crippen LogP contribution is 2.33. The van der Waals surface area contributed by atoms with Crippen LogP contribution in [0.1, 0.15) is 5.69 Å². The summed E-state index contributed by atoms with van der Waals surface area (Å²) in [4.78, 5) is 4.14. The molecule has 0 saturated carbocycles. The SMILES string of the molecule is Cc1ccc(OCOCCS(C)(C)C)cn1. The highest BCUT2D eigenvalue weighted by atomic mass is 32.3. The maximum absolute atomic E-state index is 5.41. The van der Waals surface area contributed by atoms with Gasteiger partial charge in [0.2, 0.25) is 0 Å². The van der Waals surface area contributed by atoms with Gasteiger partial charge in [0.05, 0.1) is 12.8 Å². The molecule has 0 aliphatic carbocycles. The van der Waals surface area contributed by atoms with Crippen LogP contribution in [0.3, 0.4) is 0 Å². The maximum Gasteiger partial charge on any atom is 0.189 e. The van der Waals surface area contributed by atoms with Crippen molar-refractivity contribution in [2.24, 2.45) is 0 Å². The predicted octanol–water partition coefficient (Wildman–Crippen LogP) is 2.44. The largest absolute Gasteiger partial charge is 0.466 e. The molecule has 1 heterocycles. The lowest BCUT2D eigenvalue weighted by Crippen LogP contribution is -2.10. The number of nitrogens with zero attached hydrogens (tertiary/aromatic N) is 1. The Morgan fingerprint density at radius 2 is 2.00 bits per heavy atom. The Hall–Kier alpha value is -0.740. The van der Waals surface area contributed by atoms with Gasteiger partial charge < -0.3 is 9.47 Å². The summed E-state index contributed by atoms with van der Waals surface area (Å²) in [5.41, 5.74) is 0.990. The lowest BCUT2D eigenvalue weighted by Gasteiger charge is -2.24. The van der Waals surface area contributed by atoms with E-state index < -0.39 is 10.0 Å². The quantitative estimate of drug-likeness (QED) is 0.568. The lowest BCUT2D eigenvalue weighted by atomic mass is 10.4. The number of ether oxygens (including phenoxy) is 2. The lowest BCUT2D eigenvalue weighted by molar-refractivity contribution is 0.0234. The molecule has 4 heteroatoms. The molecule has 1 rings (SSSR count). The van der Waals surface area contributed by atoms with Gasteiger partial charge in [-0.15, -0.1) is 0 Å². The second-order valence-corrected chi connectivity index (χ2v) is 9.19. The molecule has 0 unspecified atom stereocenters. The van der Waals surface area contributed by atoms with Crippen molar-refractivity contribution >= 4 is 10.0 Å². The average molecular weight is 243 g/mol. The molecule has 0 fully saturated rings. The molecule has 0 aromatic carbocycles. The van der Waals surface area contributed by atoms with Crippen LogP contribution in [0.15, 0.2) is 18.3 Å². The first-order chi connectivity index (χ1) is 7.47. The molecule has 0 N–H and O–H groups in total. The zero-order valence-electron chi connectivity index (χ0n) is 10.5. The van der Waals surface area contributed by atoms with Crippen LogP contribution in [-0.4, -0.2) is 42.9 Å². The normalized spacial score (nSPS) is 12.5. The maximum atomic E-state index is 5.41. The van der Waals surface area contributed by atoms with Gasteiger partial charge in [-0.3, -0.25) is 4.98 Å². The van der Waals surface area contributed by atoms with Gasteiger partial charge in [0.25, 0.3) is 0 Å². The second kappa shape index (κ2) is 6.11. The summed E-state index contributed by atoms with van der Waals surface area (Å²) < 4.78 is 10.8. The molecule has 92 valence electrons. The van der Waals surface area contributed by atoms with E-state index in [0.29, 0.717) is 6.79 Å². The Labute approximate surface area is 99.5 Å². The Kier molecular flexibility index (Phi) is 5.09. The molecule has 0 atom stereocenters. The summed E-state index contributed by atoms with van der Waals surface area (Å²) in [5.74, 6) is 1.87. The molecule has 16 heavy (non-hydrogen) atoms. The standard InChI is InChI=1S/C12H21NO2S/c1-11-5-6-12(9-13-11)15-10-14-7-8-16(2,3)4/h5-6,9H,7-8,10H2,1-4H3. The number of aryl methyl sites for hydroxylation is 1. The monoisotopic (exact) mass is 243 g/mol. The van der Waals surface area contributed by atoms with E-state index in [2.05, 4.69) is 23.8 Å². The molecule has 0 spiro atoms. The number of rotatable bonds is 6. The van der Waals surface area contributed by atoms with Crippen LogP contribution >= 0.6 is 10.0 Å². The molecule has 1 aromatic rings. The van der Waals surface area contributed by atoms with Gasteiger partial charge >= 0.3 is 0 Å². The van der Waals surface area contributed by atoms with Crippen molar-refractivity contribution in [2.75, 3.05) is 37.9 Å². The third kappa shape index (κ3) is 5.98. The van der Waals surface area contributed by atoms with E-state index in [-0.39, 0.29) is 0 Å². The Bertz CT molecular complexity index is 306. The molecule has 0 aliphatic heterocycles. The van der Waals surface area contributed by atoms with Crippen LogP contribution in [0.5, 0.6) is 5.75 Å². The third-order valence-corrected chi connectivity index (χ3v) is 3.42. The van der Waals surface area contributed by atoms with Crippen LogP contribution in [0.25, 0.3) is 0 Å². The second-order valence-electron chi connectivity index (χ2n) is 4.60. The van der Waals surface area contributed by atoms with Gasteiger partial charge in [-0.25, -0.2) is 10.0 Å². The fraction of sp³-hybridized carbons (Fsp3) is 0.583. The third-order valence-electron chi connectivity index (χ3n) is 2.03. The van der Waals surface area contributed by atoms with E-state index >= 15 is 0 Å². The van der Waals surface area contributed by atoms with E-state index in [1.54, 1.807) is 6.20 Å². The van der Waals surface area contributed by atoms with Gasteiger partial charge in [-0.2, -0.15) is 0 Å². The number of pyridine rings is 1. The molecule has 0 aliphatic rings. The van der Waals surface area contributed by atoms with Crippen molar-refractivity contribution in [3.63, 3.8) is 0 Å². The van der Waals surface area contributed by atoms with Gasteiger partial charge in [0.1, 0.15) is 5.75 Å². The minimum atomic E-state index is -0.468. The molecule has 0 radical (unpaired) electrons. The van der Waals surface area contributed by atoms with E-state index in [1.807, 2.05) is 19.1 Å². The zero-order chi connectivity index (χ0) is 12.0. The number of aromatic nitrogens is 1. The van der Waals surface area contributed by atoms with Crippen molar-refractivity contribution < 1.29 is 9.47 Å². The van der Waals surface area contributed by atoms with Crippen LogP contribution in [0.4, 0.5) is 0 Å². The first-order valence-electron chi connectivity index (χ1n) is 5.26. The Morgan fingerprint density at radius 1 is 1.25 bits per heavy atom. The predicted molar refractivity (Wildman–Crippen MR) is 70.7 cm³/mol. The van der Waals surface area contributed by atoms with Crippen molar-refractivity contribution in [3.05, 3.63) is 24.0 Å². The van der Waals surface area contributed by atoms with E-state index in [0.717, 1.165) is 23.8 Å². The Morgan fingerprint density at radius 3 is 2.56 bits per heavy atom. The fourth-order valence-electron chi connectivity index (χ4n) is 1.02. The summed E-state index contributed by atoms with van der Waals surface area (Å²) in [6, 6.07) is 3.83. The van der Waals surface area contributed by atoms with Crippen LogP contribution in [-0.2, 0) is 4.74 Å². The minimum absolute atomic E-state index is 0.306. The van der Waals surface area contributed by atoms with Crippen molar-refractivity contribution in [1.82, 2.24) is 4.98 Å². The van der Waals surface area contributed by atoms with E-state index in [9.17, 15) is 0 Å². The van der Waals surface area contributed by atoms with Crippen molar-refractivity contribution in [1.29, 1.82) is 0 Å². The fourth-order valence-corrected chi connectivity index (χ4v) is 1.64. The molecular weight excluding hydrogens is 222 g/mol. The highest BCUT2D eigenvalue weighted by molar-refractivity contribution is 8.32. The highest BCUT2D eigenvalue weighted by Gasteiger charge is 2.03. The molecule has 0 saturated heterocycles. The summed E-state index contributed by atoms with van der Waals surface area (Å²) in [5, 5.41) is 0. The topological polar surface area (TPSA) is 31.4 Å². The molecule has 1 aromatic heterocycles. The first kappa shape index (κ1) is 13.3. The Balaban J connectivity index is 2.14. The average Bonchev–Trinajstić information content (AvgIpc) is 2.19. The first-order valence-corrected chi connectivity index (χ1v) is 8.29. The summed E-state index contributed by atoms with van der Waals surface area (Å²) in [7, 11) is -0.468. The number of hydrogen-bond donors (Lipinski definition) is 0. The van der Waals surface area contributed by atoms with Gasteiger partial charge in [-0.05, 0) is 37.8 Å². The van der Waals surface area contributed by atoms with Crippen LogP contribution in [0, 0.1) is 6.92 Å². The summed E-state index contributed by atoms with van der Waals surface area (Å²) in [6.45, 7) is 3.02. The minimum Gasteiger partial charge on any atom is -0.466 e. The molecule has 3 nitrogen and oxygen atoms in total. The smallest absolute Gasteiger partial charge is 0.189 e.